The van der Waals surface area contributed by atoms with Gasteiger partial charge in [0.15, 0.2) is 5.82 Å². The summed E-state index contributed by atoms with van der Waals surface area (Å²) in [5.74, 6) is 5.42. The van der Waals surface area contributed by atoms with Gasteiger partial charge in [-0.1, -0.05) is 11.6 Å². The number of hydrogen-bond acceptors (Lipinski definition) is 4. The highest BCUT2D eigenvalue weighted by Crippen LogP contribution is 2.31. The number of nitrogens with one attached hydrogen (secondary N) is 2. The first-order valence-electron chi connectivity index (χ1n) is 5.49. The zero-order valence-corrected chi connectivity index (χ0v) is 10.3. The lowest BCUT2D eigenvalue weighted by molar-refractivity contribution is 0.0850. The van der Waals surface area contributed by atoms with Gasteiger partial charge in [-0.25, -0.2) is 10.8 Å². The molecule has 4 N–H and O–H groups in total. The number of rotatable bonds is 3. The Morgan fingerprint density at radius 2 is 2.29 bits per heavy atom. The maximum Gasteiger partial charge on any atom is 0.253 e. The minimum Gasteiger partial charge on any atom is -0.347 e. The molecule has 0 unspecified atom stereocenters. The highest BCUT2D eigenvalue weighted by Gasteiger charge is 2.33. The Balaban J connectivity index is 2.11. The molecule has 0 bridgehead atoms. The lowest BCUT2D eigenvalue weighted by Gasteiger charge is -2.39. The first-order chi connectivity index (χ1) is 8.04. The minimum absolute atomic E-state index is 0.0751. The standard InChI is InChI=1S/C11H15ClN4O/c1-11(3-2-4-11)15-10(17)7-5-8(12)9(16-13)14-6-7/h5-6H,2-4,13H2,1H3,(H,14,16)(H,15,17). The van der Waals surface area contributed by atoms with Crippen molar-refractivity contribution in [3.63, 3.8) is 0 Å². The number of pyridine rings is 1. The molecule has 0 saturated heterocycles. The van der Waals surface area contributed by atoms with Gasteiger partial charge >= 0.3 is 0 Å². The summed E-state index contributed by atoms with van der Waals surface area (Å²) in [5, 5.41) is 3.32. The number of nitrogens with two attached hydrogens (primary N) is 1. The number of anilines is 1. The predicted molar refractivity (Wildman–Crippen MR) is 66.8 cm³/mol. The van der Waals surface area contributed by atoms with Crippen LogP contribution in [0.1, 0.15) is 36.5 Å². The summed E-state index contributed by atoms with van der Waals surface area (Å²) in [6, 6.07) is 1.56. The van der Waals surface area contributed by atoms with Gasteiger partial charge in [0, 0.05) is 11.7 Å². The number of hydrazine groups is 1. The molecule has 5 nitrogen and oxygen atoms in total. The number of nitrogen functional groups attached to an aromatic ring is 1. The smallest absolute Gasteiger partial charge is 0.253 e. The Morgan fingerprint density at radius 1 is 1.59 bits per heavy atom. The minimum atomic E-state index is -0.148. The molecule has 1 fully saturated rings. The van der Waals surface area contributed by atoms with E-state index in [9.17, 15) is 4.79 Å². The Bertz CT molecular complexity index is 445. The van der Waals surface area contributed by atoms with Crippen LogP contribution in [0, 0.1) is 0 Å². The van der Waals surface area contributed by atoms with Crippen molar-refractivity contribution in [2.75, 3.05) is 5.43 Å². The van der Waals surface area contributed by atoms with Crippen LogP contribution in [0.5, 0.6) is 0 Å². The molecule has 1 aliphatic rings. The maximum absolute atomic E-state index is 11.9. The largest absolute Gasteiger partial charge is 0.347 e. The van der Waals surface area contributed by atoms with E-state index in [1.807, 2.05) is 6.92 Å². The van der Waals surface area contributed by atoms with Gasteiger partial charge in [0.1, 0.15) is 0 Å². The van der Waals surface area contributed by atoms with E-state index in [0.29, 0.717) is 16.4 Å². The van der Waals surface area contributed by atoms with Gasteiger partial charge in [-0.15, -0.1) is 0 Å². The Labute approximate surface area is 105 Å². The summed E-state index contributed by atoms with van der Waals surface area (Å²) in [6.45, 7) is 2.04. The number of hydrogen-bond donors (Lipinski definition) is 3. The molecule has 6 heteroatoms. The monoisotopic (exact) mass is 254 g/mol. The Morgan fingerprint density at radius 3 is 2.76 bits per heavy atom. The molecule has 1 heterocycles. The Kier molecular flexibility index (Phi) is 3.22. The van der Waals surface area contributed by atoms with E-state index in [0.717, 1.165) is 19.3 Å². The van der Waals surface area contributed by atoms with E-state index in [4.69, 9.17) is 17.4 Å². The Hall–Kier alpha value is -1.33. The SMILES string of the molecule is CC1(NC(=O)c2cnc(NN)c(Cl)c2)CCC1. The van der Waals surface area contributed by atoms with Gasteiger partial charge in [0.2, 0.25) is 0 Å². The van der Waals surface area contributed by atoms with Gasteiger partial charge in [-0.05, 0) is 32.3 Å². The van der Waals surface area contributed by atoms with Crippen LogP contribution in [0.2, 0.25) is 5.02 Å². The summed E-state index contributed by atoms with van der Waals surface area (Å²) >= 11 is 5.91. The molecule has 1 aliphatic carbocycles. The van der Waals surface area contributed by atoms with E-state index < -0.39 is 0 Å². The van der Waals surface area contributed by atoms with Crippen molar-refractivity contribution in [2.24, 2.45) is 5.84 Å². The fourth-order valence-corrected chi connectivity index (χ4v) is 2.07. The van der Waals surface area contributed by atoms with Crippen molar-refractivity contribution >= 4 is 23.3 Å². The summed E-state index contributed by atoms with van der Waals surface area (Å²) in [5.41, 5.74) is 2.73. The molecule has 0 radical (unpaired) electrons. The van der Waals surface area contributed by atoms with Crippen LogP contribution in [0.3, 0.4) is 0 Å². The van der Waals surface area contributed by atoms with Crippen LogP contribution < -0.4 is 16.6 Å². The molecule has 0 spiro atoms. The maximum atomic E-state index is 11.9. The zero-order valence-electron chi connectivity index (χ0n) is 9.59. The number of amides is 1. The van der Waals surface area contributed by atoms with E-state index in [2.05, 4.69) is 15.7 Å². The van der Waals surface area contributed by atoms with Crippen molar-refractivity contribution in [3.05, 3.63) is 22.8 Å². The number of nitrogens with zero attached hydrogens (tertiary/aromatic N) is 1. The second-order valence-electron chi connectivity index (χ2n) is 4.57. The van der Waals surface area contributed by atoms with Crippen LogP contribution in [-0.4, -0.2) is 16.4 Å². The first-order valence-corrected chi connectivity index (χ1v) is 5.86. The number of aromatic nitrogens is 1. The second-order valence-corrected chi connectivity index (χ2v) is 4.97. The van der Waals surface area contributed by atoms with Crippen LogP contribution in [0.4, 0.5) is 5.82 Å². The second kappa shape index (κ2) is 4.50. The quantitative estimate of drug-likeness (QED) is 0.567. The molecule has 0 aromatic carbocycles. The molecule has 0 atom stereocenters. The molecule has 2 rings (SSSR count). The average Bonchev–Trinajstić information content (AvgIpc) is 2.26. The van der Waals surface area contributed by atoms with E-state index in [-0.39, 0.29) is 11.4 Å². The number of carbonyl (C=O) groups excluding carboxylic acids is 1. The van der Waals surface area contributed by atoms with E-state index in [1.54, 1.807) is 6.07 Å². The van der Waals surface area contributed by atoms with Crippen molar-refractivity contribution < 1.29 is 4.79 Å². The molecule has 1 aromatic rings. The summed E-state index contributed by atoms with van der Waals surface area (Å²) in [4.78, 5) is 15.9. The summed E-state index contributed by atoms with van der Waals surface area (Å²) in [7, 11) is 0. The van der Waals surface area contributed by atoms with Gasteiger partial charge in [-0.3, -0.25) is 4.79 Å². The fraction of sp³-hybridized carbons (Fsp3) is 0.455. The first kappa shape index (κ1) is 12.1. The molecule has 1 saturated carbocycles. The molecule has 17 heavy (non-hydrogen) atoms. The van der Waals surface area contributed by atoms with Crippen molar-refractivity contribution in [1.29, 1.82) is 0 Å². The van der Waals surface area contributed by atoms with Crippen molar-refractivity contribution in [3.8, 4) is 0 Å². The molecular weight excluding hydrogens is 240 g/mol. The van der Waals surface area contributed by atoms with Crippen molar-refractivity contribution in [2.45, 2.75) is 31.7 Å². The highest BCUT2D eigenvalue weighted by molar-refractivity contribution is 6.33. The van der Waals surface area contributed by atoms with Crippen LogP contribution in [0.25, 0.3) is 0 Å². The molecule has 92 valence electrons. The highest BCUT2D eigenvalue weighted by atomic mass is 35.5. The predicted octanol–water partition coefficient (Wildman–Crippen LogP) is 1.69. The number of carbonyl (C=O) groups is 1. The van der Waals surface area contributed by atoms with Gasteiger partial charge in [0.05, 0.1) is 10.6 Å². The van der Waals surface area contributed by atoms with Crippen LogP contribution in [-0.2, 0) is 0 Å². The lowest BCUT2D eigenvalue weighted by atomic mass is 9.78. The molecular formula is C11H15ClN4O. The third-order valence-electron chi connectivity index (χ3n) is 3.11. The summed E-state index contributed by atoms with van der Waals surface area (Å²) in [6.07, 6.45) is 4.65. The molecule has 0 aliphatic heterocycles. The third kappa shape index (κ3) is 2.50. The molecule has 1 aromatic heterocycles. The van der Waals surface area contributed by atoms with Gasteiger partial charge in [-0.2, -0.15) is 0 Å². The third-order valence-corrected chi connectivity index (χ3v) is 3.40. The van der Waals surface area contributed by atoms with E-state index in [1.165, 1.54) is 6.20 Å². The van der Waals surface area contributed by atoms with Gasteiger partial charge in [0.25, 0.3) is 5.91 Å². The normalized spacial score (nSPS) is 17.1. The van der Waals surface area contributed by atoms with Crippen LogP contribution >= 0.6 is 11.6 Å². The van der Waals surface area contributed by atoms with Crippen molar-refractivity contribution in [1.82, 2.24) is 10.3 Å². The van der Waals surface area contributed by atoms with Gasteiger partial charge < -0.3 is 10.7 Å². The number of halogens is 1. The average molecular weight is 255 g/mol. The zero-order chi connectivity index (χ0) is 12.5. The fourth-order valence-electron chi connectivity index (χ4n) is 1.85. The lowest BCUT2D eigenvalue weighted by Crippen LogP contribution is -2.50. The van der Waals surface area contributed by atoms with Crippen LogP contribution in [0.15, 0.2) is 12.3 Å². The topological polar surface area (TPSA) is 80.0 Å². The van der Waals surface area contributed by atoms with E-state index >= 15 is 0 Å². The summed E-state index contributed by atoms with van der Waals surface area (Å²) < 4.78 is 0. The molecule has 1 amide bonds.